The number of carbonyl (C=O) groups excluding carboxylic acids is 1. The van der Waals surface area contributed by atoms with E-state index >= 15 is 0 Å². The van der Waals surface area contributed by atoms with Crippen LogP contribution in [-0.2, 0) is 11.2 Å². The Bertz CT molecular complexity index is 697. The average molecular weight is 366 g/mol. The molecule has 21 heavy (non-hydrogen) atoms. The Morgan fingerprint density at radius 1 is 1.24 bits per heavy atom. The van der Waals surface area contributed by atoms with Gasteiger partial charge < -0.3 is 10.6 Å². The Morgan fingerprint density at radius 3 is 2.76 bits per heavy atom. The first-order chi connectivity index (χ1) is 10.1. The first-order valence-electron chi connectivity index (χ1n) is 6.63. The van der Waals surface area contributed by atoms with Crippen molar-refractivity contribution in [1.29, 1.82) is 0 Å². The van der Waals surface area contributed by atoms with Crippen LogP contribution in [0, 0.1) is 0 Å². The van der Waals surface area contributed by atoms with Crippen LogP contribution in [0.5, 0.6) is 0 Å². The fraction of sp³-hybridized carbons (Fsp3) is 0.188. The van der Waals surface area contributed by atoms with Gasteiger partial charge in [0.25, 0.3) is 0 Å². The van der Waals surface area contributed by atoms with Gasteiger partial charge in [0.2, 0.25) is 5.91 Å². The van der Waals surface area contributed by atoms with Crippen LogP contribution in [0.2, 0.25) is 5.02 Å². The molecule has 0 aromatic heterocycles. The summed E-state index contributed by atoms with van der Waals surface area (Å²) in [6.45, 7) is 0. The van der Waals surface area contributed by atoms with Gasteiger partial charge in [-0.1, -0.05) is 39.7 Å². The van der Waals surface area contributed by atoms with Gasteiger partial charge in [-0.15, -0.1) is 0 Å². The van der Waals surface area contributed by atoms with Crippen LogP contribution < -0.4 is 10.6 Å². The predicted molar refractivity (Wildman–Crippen MR) is 88.8 cm³/mol. The van der Waals surface area contributed by atoms with Gasteiger partial charge in [-0.3, -0.25) is 4.79 Å². The number of amides is 1. The number of hydrogen-bond donors (Lipinski definition) is 2. The van der Waals surface area contributed by atoms with Crippen molar-refractivity contribution in [3.8, 4) is 0 Å². The molecule has 2 aromatic carbocycles. The van der Waals surface area contributed by atoms with Crippen LogP contribution in [0.1, 0.15) is 22.7 Å². The highest BCUT2D eigenvalue weighted by molar-refractivity contribution is 9.10. The zero-order valence-electron chi connectivity index (χ0n) is 11.4. The van der Waals surface area contributed by atoms with Gasteiger partial charge in [0.1, 0.15) is 0 Å². The van der Waals surface area contributed by atoms with Gasteiger partial charge >= 0.3 is 0 Å². The molecule has 1 aliphatic rings. The van der Waals surface area contributed by atoms with E-state index < -0.39 is 0 Å². The summed E-state index contributed by atoms with van der Waals surface area (Å²) in [6.07, 6.45) is 0.443. The molecule has 0 saturated carbocycles. The maximum Gasteiger partial charge on any atom is 0.228 e. The number of fused-ring (bicyclic) bond motifs is 1. The monoisotopic (exact) mass is 364 g/mol. The predicted octanol–water partition coefficient (Wildman–Crippen LogP) is 3.91. The highest BCUT2D eigenvalue weighted by atomic mass is 79.9. The third kappa shape index (κ3) is 2.98. The Morgan fingerprint density at radius 2 is 2.05 bits per heavy atom. The maximum atomic E-state index is 11.5. The van der Waals surface area contributed by atoms with Crippen LogP contribution in [0.4, 0.5) is 5.69 Å². The molecular weight excluding hydrogens is 352 g/mol. The molecule has 3 rings (SSSR count). The van der Waals surface area contributed by atoms with Gasteiger partial charge in [0.15, 0.2) is 0 Å². The number of hydrogen-bond acceptors (Lipinski definition) is 2. The fourth-order valence-electron chi connectivity index (χ4n) is 2.70. The number of halogens is 2. The van der Waals surface area contributed by atoms with Crippen molar-refractivity contribution in [2.24, 2.45) is 0 Å². The molecule has 0 aliphatic carbocycles. The smallest absolute Gasteiger partial charge is 0.228 e. The topological polar surface area (TPSA) is 41.1 Å². The molecule has 0 radical (unpaired) electrons. The second-order valence-electron chi connectivity index (χ2n) is 5.07. The second-order valence-corrected chi connectivity index (χ2v) is 6.42. The van der Waals surface area contributed by atoms with Crippen molar-refractivity contribution in [2.75, 3.05) is 12.4 Å². The minimum Gasteiger partial charge on any atom is -0.326 e. The first kappa shape index (κ1) is 14.6. The lowest BCUT2D eigenvalue weighted by Gasteiger charge is -2.19. The maximum absolute atomic E-state index is 11.5. The summed E-state index contributed by atoms with van der Waals surface area (Å²) < 4.78 is 0.947. The molecule has 2 aromatic rings. The van der Waals surface area contributed by atoms with Crippen LogP contribution in [0.25, 0.3) is 0 Å². The molecule has 1 amide bonds. The molecule has 0 spiro atoms. The summed E-state index contributed by atoms with van der Waals surface area (Å²) in [7, 11) is 1.91. The van der Waals surface area contributed by atoms with Crippen LogP contribution in [-0.4, -0.2) is 13.0 Å². The highest BCUT2D eigenvalue weighted by Crippen LogP contribution is 2.31. The van der Waals surface area contributed by atoms with E-state index in [1.807, 2.05) is 37.4 Å². The lowest BCUT2D eigenvalue weighted by Crippen LogP contribution is -2.17. The number of nitrogens with one attached hydrogen (secondary N) is 2. The Kier molecular flexibility index (Phi) is 4.02. The Labute approximate surface area is 136 Å². The van der Waals surface area contributed by atoms with E-state index in [9.17, 15) is 4.79 Å². The van der Waals surface area contributed by atoms with Crippen LogP contribution in [0.3, 0.4) is 0 Å². The third-order valence-corrected chi connectivity index (χ3v) is 4.27. The number of carbonyl (C=O) groups is 1. The molecule has 0 bridgehead atoms. The number of benzene rings is 2. The van der Waals surface area contributed by atoms with E-state index in [2.05, 4.69) is 32.6 Å². The highest BCUT2D eigenvalue weighted by Gasteiger charge is 2.20. The van der Waals surface area contributed by atoms with Crippen molar-refractivity contribution in [3.05, 3.63) is 62.6 Å². The Hall–Kier alpha value is -1.36. The minimum absolute atomic E-state index is 0.0287. The molecule has 0 saturated heterocycles. The van der Waals surface area contributed by atoms with Crippen LogP contribution in [0.15, 0.2) is 40.9 Å². The third-order valence-electron chi connectivity index (χ3n) is 3.59. The quantitative estimate of drug-likeness (QED) is 0.866. The molecule has 0 fully saturated rings. The van der Waals surface area contributed by atoms with Gasteiger partial charge in [0.05, 0.1) is 12.5 Å². The molecule has 1 heterocycles. The average Bonchev–Trinajstić information content (AvgIpc) is 2.78. The first-order valence-corrected chi connectivity index (χ1v) is 7.80. The molecule has 2 N–H and O–H groups in total. The molecular formula is C16H14BrClN2O. The Balaban J connectivity index is 2.01. The van der Waals surface area contributed by atoms with Gasteiger partial charge in [0, 0.05) is 15.2 Å². The van der Waals surface area contributed by atoms with E-state index in [1.165, 1.54) is 0 Å². The van der Waals surface area contributed by atoms with Crippen molar-refractivity contribution < 1.29 is 4.79 Å². The summed E-state index contributed by atoms with van der Waals surface area (Å²) in [5.74, 6) is 0.0497. The van der Waals surface area contributed by atoms with E-state index in [0.717, 1.165) is 26.9 Å². The molecule has 1 aliphatic heterocycles. The van der Waals surface area contributed by atoms with E-state index in [-0.39, 0.29) is 11.9 Å². The van der Waals surface area contributed by atoms with Gasteiger partial charge in [-0.25, -0.2) is 0 Å². The zero-order chi connectivity index (χ0) is 15.0. The van der Waals surface area contributed by atoms with Crippen LogP contribution >= 0.6 is 27.5 Å². The molecule has 3 nitrogen and oxygen atoms in total. The van der Waals surface area contributed by atoms with E-state index in [1.54, 1.807) is 0 Å². The zero-order valence-corrected chi connectivity index (χ0v) is 13.8. The van der Waals surface area contributed by atoms with Crippen molar-refractivity contribution >= 4 is 39.1 Å². The fourth-order valence-corrected chi connectivity index (χ4v) is 3.58. The van der Waals surface area contributed by atoms with E-state index in [4.69, 9.17) is 11.6 Å². The number of anilines is 1. The van der Waals surface area contributed by atoms with Gasteiger partial charge in [-0.05, 0) is 48.0 Å². The van der Waals surface area contributed by atoms with Crippen molar-refractivity contribution in [1.82, 2.24) is 5.32 Å². The molecule has 1 atom stereocenters. The summed E-state index contributed by atoms with van der Waals surface area (Å²) in [6, 6.07) is 11.9. The van der Waals surface area contributed by atoms with Crippen molar-refractivity contribution in [3.63, 3.8) is 0 Å². The van der Waals surface area contributed by atoms with E-state index in [0.29, 0.717) is 11.4 Å². The normalized spacial score (nSPS) is 14.7. The number of rotatable bonds is 3. The standard InChI is InChI=1S/C16H14BrClN2O/c1-19-16(11-5-12(17)8-13(18)6-11)9-2-3-14-10(4-9)7-15(21)20-14/h2-6,8,16,19H,7H2,1H3,(H,20,21). The van der Waals surface area contributed by atoms with Gasteiger partial charge in [-0.2, -0.15) is 0 Å². The molecule has 5 heteroatoms. The van der Waals surface area contributed by atoms with Crippen molar-refractivity contribution in [2.45, 2.75) is 12.5 Å². The second kappa shape index (κ2) is 5.79. The largest absolute Gasteiger partial charge is 0.326 e. The lowest BCUT2D eigenvalue weighted by molar-refractivity contribution is -0.115. The summed E-state index contributed by atoms with van der Waals surface area (Å²) >= 11 is 9.61. The summed E-state index contributed by atoms with van der Waals surface area (Å²) in [5, 5.41) is 6.85. The SMILES string of the molecule is CNC(c1cc(Cl)cc(Br)c1)c1ccc2c(c1)CC(=O)N2. The summed E-state index contributed by atoms with van der Waals surface area (Å²) in [4.78, 5) is 11.5. The molecule has 1 unspecified atom stereocenters. The summed E-state index contributed by atoms with van der Waals surface area (Å²) in [5.41, 5.74) is 4.14. The minimum atomic E-state index is 0.0287. The lowest BCUT2D eigenvalue weighted by atomic mass is 9.96. The molecule has 108 valence electrons.